The van der Waals surface area contributed by atoms with Crippen molar-refractivity contribution in [3.8, 4) is 11.5 Å². The zero-order valence-electron chi connectivity index (χ0n) is 15.2. The summed E-state index contributed by atoms with van der Waals surface area (Å²) in [7, 11) is -2.51. The molecule has 0 amide bonds. The van der Waals surface area contributed by atoms with E-state index >= 15 is 0 Å². The van der Waals surface area contributed by atoms with Crippen LogP contribution < -0.4 is 9.47 Å². The van der Waals surface area contributed by atoms with Crippen LogP contribution in [0.3, 0.4) is 0 Å². The molecule has 0 radical (unpaired) electrons. The smallest absolute Gasteiger partial charge is 0.331 e. The molecule has 3 aromatic rings. The van der Waals surface area contributed by atoms with Gasteiger partial charge in [0.05, 0.1) is 30.4 Å². The summed E-state index contributed by atoms with van der Waals surface area (Å²) in [6.45, 7) is 4.10. The Bertz CT molecular complexity index is 1100. The average Bonchev–Trinajstić information content (AvgIpc) is 3.25. The highest BCUT2D eigenvalue weighted by molar-refractivity contribution is 7.86. The number of aromatic amines is 1. The Labute approximate surface area is 156 Å². The molecule has 9 heteroatoms. The van der Waals surface area contributed by atoms with E-state index in [-0.39, 0.29) is 11.8 Å². The van der Waals surface area contributed by atoms with Crippen molar-refractivity contribution in [3.05, 3.63) is 40.7 Å². The second-order valence-electron chi connectivity index (χ2n) is 6.38. The molecule has 0 unspecified atom stereocenters. The molecule has 1 N–H and O–H groups in total. The number of fused-ring (bicyclic) bond motifs is 2. The first-order valence-electron chi connectivity index (χ1n) is 8.43. The van der Waals surface area contributed by atoms with E-state index in [1.54, 1.807) is 19.4 Å². The van der Waals surface area contributed by atoms with Gasteiger partial charge in [-0.3, -0.25) is 9.17 Å². The molecule has 2 aromatic heterocycles. The highest BCUT2D eigenvalue weighted by Crippen LogP contribution is 2.30. The third-order valence-corrected chi connectivity index (χ3v) is 5.70. The number of H-pyrrole nitrogens is 1. The van der Waals surface area contributed by atoms with Crippen molar-refractivity contribution in [2.45, 2.75) is 32.0 Å². The van der Waals surface area contributed by atoms with Gasteiger partial charge in [-0.15, -0.1) is 0 Å². The highest BCUT2D eigenvalue weighted by atomic mass is 32.2. The number of nitrogens with zero attached hydrogens (tertiary/aromatic N) is 2. The van der Waals surface area contributed by atoms with Gasteiger partial charge in [-0.25, -0.2) is 4.98 Å². The summed E-state index contributed by atoms with van der Waals surface area (Å²) in [6.07, 6.45) is 2.42. The topological polar surface area (TPSA) is 103 Å². The quantitative estimate of drug-likeness (QED) is 0.668. The lowest BCUT2D eigenvalue weighted by Crippen LogP contribution is -2.10. The van der Waals surface area contributed by atoms with Crippen LogP contribution in [-0.4, -0.2) is 37.1 Å². The van der Waals surface area contributed by atoms with Gasteiger partial charge in [0, 0.05) is 29.8 Å². The van der Waals surface area contributed by atoms with Crippen LogP contribution in [0.25, 0.3) is 11.0 Å². The monoisotopic (exact) mass is 389 g/mol. The number of benzene rings is 1. The average molecular weight is 389 g/mol. The predicted molar refractivity (Wildman–Crippen MR) is 97.5 cm³/mol. The van der Waals surface area contributed by atoms with E-state index in [9.17, 15) is 8.42 Å². The van der Waals surface area contributed by atoms with Crippen LogP contribution in [0.15, 0.2) is 23.5 Å². The van der Waals surface area contributed by atoms with E-state index in [0.717, 1.165) is 28.9 Å². The molecule has 27 heavy (non-hydrogen) atoms. The Hall–Kier alpha value is -2.65. The minimum Gasteiger partial charge on any atom is -0.496 e. The van der Waals surface area contributed by atoms with Crippen LogP contribution in [0.5, 0.6) is 11.5 Å². The van der Waals surface area contributed by atoms with Crippen LogP contribution in [0.1, 0.15) is 22.4 Å². The first kappa shape index (κ1) is 17.7. The largest absolute Gasteiger partial charge is 0.496 e. The van der Waals surface area contributed by atoms with Crippen molar-refractivity contribution in [2.75, 3.05) is 13.7 Å². The van der Waals surface area contributed by atoms with Crippen LogP contribution in [0.2, 0.25) is 0 Å². The zero-order chi connectivity index (χ0) is 19.2. The van der Waals surface area contributed by atoms with Crippen LogP contribution in [-0.2, 0) is 27.3 Å². The molecule has 0 saturated carbocycles. The molecule has 142 valence electrons. The molecule has 0 aliphatic carbocycles. The summed E-state index contributed by atoms with van der Waals surface area (Å²) < 4.78 is 41.1. The fraction of sp³-hybridized carbons (Fsp3) is 0.333. The number of ether oxygens (including phenoxy) is 2. The molecule has 8 nitrogen and oxygen atoms in total. The van der Waals surface area contributed by atoms with Gasteiger partial charge in [0.25, 0.3) is 5.16 Å². The van der Waals surface area contributed by atoms with E-state index in [1.807, 2.05) is 19.9 Å². The molecule has 3 heterocycles. The first-order valence-corrected chi connectivity index (χ1v) is 9.84. The molecular weight excluding hydrogens is 370 g/mol. The number of rotatable bonds is 5. The number of pyridine rings is 1. The fourth-order valence-electron chi connectivity index (χ4n) is 3.18. The highest BCUT2D eigenvalue weighted by Gasteiger charge is 2.23. The lowest BCUT2D eigenvalue weighted by molar-refractivity contribution is 0.298. The maximum Gasteiger partial charge on any atom is 0.331 e. The van der Waals surface area contributed by atoms with Crippen molar-refractivity contribution in [3.63, 3.8) is 0 Å². The number of aromatic nitrogens is 3. The van der Waals surface area contributed by atoms with Crippen molar-refractivity contribution in [1.29, 1.82) is 0 Å². The van der Waals surface area contributed by atoms with Crippen LogP contribution in [0.4, 0.5) is 0 Å². The fourth-order valence-corrected chi connectivity index (χ4v) is 4.01. The van der Waals surface area contributed by atoms with Crippen molar-refractivity contribution in [1.82, 2.24) is 15.0 Å². The van der Waals surface area contributed by atoms with Gasteiger partial charge in [0.2, 0.25) is 0 Å². The maximum atomic E-state index is 12.6. The molecule has 0 saturated heterocycles. The Kier molecular flexibility index (Phi) is 4.27. The first-order chi connectivity index (χ1) is 12.9. The second-order valence-corrected chi connectivity index (χ2v) is 7.91. The molecule has 1 aliphatic rings. The Morgan fingerprint density at radius 3 is 2.89 bits per heavy atom. The molecule has 4 rings (SSSR count). The number of hydrogen-bond acceptors (Lipinski definition) is 7. The lowest BCUT2D eigenvalue weighted by atomic mass is 10.1. The van der Waals surface area contributed by atoms with Gasteiger partial charge >= 0.3 is 10.1 Å². The number of aryl methyl sites for hydroxylation is 1. The third kappa shape index (κ3) is 3.13. The Morgan fingerprint density at radius 1 is 1.30 bits per heavy atom. The summed E-state index contributed by atoms with van der Waals surface area (Å²) in [6, 6.07) is 3.60. The molecule has 1 aromatic carbocycles. The molecular formula is C18H19N3O5S. The summed E-state index contributed by atoms with van der Waals surface area (Å²) in [4.78, 5) is 11.2. The molecule has 0 atom stereocenters. The number of methoxy groups -OCH3 is 1. The van der Waals surface area contributed by atoms with Crippen molar-refractivity contribution in [2.24, 2.45) is 0 Å². The minimum atomic E-state index is -4.07. The molecule has 1 aliphatic heterocycles. The van der Waals surface area contributed by atoms with Crippen molar-refractivity contribution < 1.29 is 22.1 Å². The van der Waals surface area contributed by atoms with Gasteiger partial charge in [0.15, 0.2) is 0 Å². The minimum absolute atomic E-state index is 0.207. The van der Waals surface area contributed by atoms with Gasteiger partial charge in [0.1, 0.15) is 18.1 Å². The molecule has 0 fully saturated rings. The van der Waals surface area contributed by atoms with E-state index < -0.39 is 10.1 Å². The lowest BCUT2D eigenvalue weighted by Gasteiger charge is -2.12. The van der Waals surface area contributed by atoms with Crippen LogP contribution >= 0.6 is 0 Å². The van der Waals surface area contributed by atoms with E-state index in [2.05, 4.69) is 15.0 Å². The van der Waals surface area contributed by atoms with E-state index in [1.165, 1.54) is 0 Å². The van der Waals surface area contributed by atoms with E-state index in [4.69, 9.17) is 13.7 Å². The molecule has 0 spiro atoms. The summed E-state index contributed by atoms with van der Waals surface area (Å²) in [5.41, 5.74) is 4.28. The summed E-state index contributed by atoms with van der Waals surface area (Å²) in [5, 5.41) is -0.238. The summed E-state index contributed by atoms with van der Waals surface area (Å²) in [5.74, 6) is 1.41. The molecule has 0 bridgehead atoms. The Balaban J connectivity index is 1.60. The number of hydrogen-bond donors (Lipinski definition) is 1. The van der Waals surface area contributed by atoms with Gasteiger partial charge in [-0.1, -0.05) is 0 Å². The van der Waals surface area contributed by atoms with Gasteiger partial charge < -0.3 is 14.5 Å². The zero-order valence-corrected chi connectivity index (χ0v) is 16.0. The third-order valence-electron chi connectivity index (χ3n) is 4.61. The maximum absolute atomic E-state index is 12.6. The SMILES string of the molecule is COc1c(C)cnc(COS(=O)(=O)c2nc3cc4c(cc3[nH]2)CCO4)c1C. The van der Waals surface area contributed by atoms with Crippen LogP contribution in [0, 0.1) is 13.8 Å². The van der Waals surface area contributed by atoms with Gasteiger partial charge in [-0.2, -0.15) is 8.42 Å². The van der Waals surface area contributed by atoms with Crippen molar-refractivity contribution >= 4 is 21.2 Å². The standard InChI is InChI=1S/C18H19N3O5S/c1-10-8-19-15(11(2)17(10)24-3)9-26-27(22,23)18-20-13-6-12-4-5-25-16(12)7-14(13)21-18/h6-8H,4-5,9H2,1-3H3,(H,20,21). The normalized spacial score (nSPS) is 13.6. The second kappa shape index (κ2) is 6.50. The van der Waals surface area contributed by atoms with E-state index in [0.29, 0.717) is 29.1 Å². The number of imidazole rings is 1. The number of nitrogens with one attached hydrogen (secondary N) is 1. The summed E-state index contributed by atoms with van der Waals surface area (Å²) >= 11 is 0. The Morgan fingerprint density at radius 2 is 2.11 bits per heavy atom. The predicted octanol–water partition coefficient (Wildman–Crippen LogP) is 2.42. The van der Waals surface area contributed by atoms with Gasteiger partial charge in [-0.05, 0) is 25.5 Å².